The van der Waals surface area contributed by atoms with Crippen LogP contribution in [-0.2, 0) is 0 Å². The molecule has 0 aliphatic rings. The molecule has 3 heteroatoms. The summed E-state index contributed by atoms with van der Waals surface area (Å²) in [5, 5.41) is 10.8. The Morgan fingerprint density at radius 2 is 2.05 bits per heavy atom. The molecule has 0 heterocycles. The molecule has 0 spiro atoms. The van der Waals surface area contributed by atoms with Gasteiger partial charge in [0.2, 0.25) is 0 Å². The summed E-state index contributed by atoms with van der Waals surface area (Å²) in [6.07, 6.45) is 0.889. The van der Waals surface area contributed by atoms with Gasteiger partial charge in [-0.15, -0.1) is 0 Å². The van der Waals surface area contributed by atoms with Crippen molar-refractivity contribution in [3.8, 4) is 11.8 Å². The highest BCUT2D eigenvalue weighted by molar-refractivity contribution is 6.11. The molecule has 2 aromatic rings. The first-order valence-electron chi connectivity index (χ1n) is 6.69. The zero-order chi connectivity index (χ0) is 14.5. The highest BCUT2D eigenvalue weighted by Gasteiger charge is 2.23. The first-order chi connectivity index (χ1) is 9.72. The van der Waals surface area contributed by atoms with Gasteiger partial charge in [-0.25, -0.2) is 0 Å². The van der Waals surface area contributed by atoms with Crippen molar-refractivity contribution in [2.45, 2.75) is 19.8 Å². The Morgan fingerprint density at radius 3 is 2.70 bits per heavy atom. The predicted octanol–water partition coefficient (Wildman–Crippen LogP) is 3.97. The van der Waals surface area contributed by atoms with Gasteiger partial charge in [-0.05, 0) is 23.3 Å². The van der Waals surface area contributed by atoms with E-state index in [0.717, 1.165) is 10.8 Å². The van der Waals surface area contributed by atoms with E-state index in [1.54, 1.807) is 7.11 Å². The lowest BCUT2D eigenvalue weighted by molar-refractivity contribution is 0.0917. The van der Waals surface area contributed by atoms with Gasteiger partial charge in [0.25, 0.3) is 0 Å². The van der Waals surface area contributed by atoms with Crippen molar-refractivity contribution in [2.24, 2.45) is 5.92 Å². The van der Waals surface area contributed by atoms with Gasteiger partial charge in [0.15, 0.2) is 5.78 Å². The first-order valence-corrected chi connectivity index (χ1v) is 6.69. The number of benzene rings is 2. The minimum Gasteiger partial charge on any atom is -0.496 e. The molecule has 0 aromatic heterocycles. The fraction of sp³-hybridized carbons (Fsp3) is 0.294. The maximum atomic E-state index is 12.7. The zero-order valence-corrected chi connectivity index (χ0v) is 11.7. The second kappa shape index (κ2) is 6.21. The zero-order valence-electron chi connectivity index (χ0n) is 11.7. The Kier molecular flexibility index (Phi) is 4.37. The summed E-state index contributed by atoms with van der Waals surface area (Å²) in [6.45, 7) is 1.93. The molecule has 1 atom stereocenters. The number of hydrogen-bond donors (Lipinski definition) is 0. The van der Waals surface area contributed by atoms with E-state index in [0.29, 0.717) is 17.7 Å². The largest absolute Gasteiger partial charge is 0.496 e. The predicted molar refractivity (Wildman–Crippen MR) is 78.8 cm³/mol. The third kappa shape index (κ3) is 2.50. The number of rotatable bonds is 5. The Labute approximate surface area is 118 Å². The molecule has 0 saturated heterocycles. The summed E-state index contributed by atoms with van der Waals surface area (Å²) in [4.78, 5) is 12.7. The lowest BCUT2D eigenvalue weighted by Gasteiger charge is -2.15. The Hall–Kier alpha value is -2.34. The normalized spacial score (nSPS) is 11.8. The van der Waals surface area contributed by atoms with E-state index in [1.807, 2.05) is 43.3 Å². The van der Waals surface area contributed by atoms with Crippen LogP contribution in [0, 0.1) is 17.2 Å². The number of nitrogens with zero attached hydrogens (tertiary/aromatic N) is 1. The molecule has 2 rings (SSSR count). The van der Waals surface area contributed by atoms with Gasteiger partial charge in [-0.1, -0.05) is 37.3 Å². The average molecular weight is 267 g/mol. The summed E-state index contributed by atoms with van der Waals surface area (Å²) in [5.74, 6) is 0.285. The first kappa shape index (κ1) is 14.1. The van der Waals surface area contributed by atoms with E-state index in [-0.39, 0.29) is 18.1 Å². The Balaban J connectivity index is 2.62. The van der Waals surface area contributed by atoms with Gasteiger partial charge in [-0.2, -0.15) is 5.26 Å². The Bertz CT molecular complexity index is 670. The second-order valence-corrected chi connectivity index (χ2v) is 4.70. The van der Waals surface area contributed by atoms with Crippen LogP contribution in [0.4, 0.5) is 0 Å². The van der Waals surface area contributed by atoms with Crippen molar-refractivity contribution in [1.82, 2.24) is 0 Å². The summed E-state index contributed by atoms with van der Waals surface area (Å²) < 4.78 is 5.34. The van der Waals surface area contributed by atoms with Crippen LogP contribution in [0.2, 0.25) is 0 Å². The number of ketones is 1. The monoisotopic (exact) mass is 267 g/mol. The molecular formula is C17H17NO2. The van der Waals surface area contributed by atoms with Crippen LogP contribution >= 0.6 is 0 Å². The number of Topliss-reactive ketones (excluding diaryl/α,β-unsaturated/α-hetero) is 1. The van der Waals surface area contributed by atoms with E-state index >= 15 is 0 Å². The third-order valence-electron chi connectivity index (χ3n) is 3.56. The average Bonchev–Trinajstić information content (AvgIpc) is 2.50. The van der Waals surface area contributed by atoms with Gasteiger partial charge in [0.1, 0.15) is 5.75 Å². The molecule has 0 radical (unpaired) electrons. The SMILES string of the molecule is CCC(CC#N)C(=O)c1c(OC)ccc2ccccc12. The quantitative estimate of drug-likeness (QED) is 0.770. The van der Waals surface area contributed by atoms with E-state index in [4.69, 9.17) is 10.00 Å². The van der Waals surface area contributed by atoms with Crippen molar-refractivity contribution < 1.29 is 9.53 Å². The molecule has 0 amide bonds. The van der Waals surface area contributed by atoms with Crippen molar-refractivity contribution >= 4 is 16.6 Å². The van der Waals surface area contributed by atoms with Crippen LogP contribution in [0.5, 0.6) is 5.75 Å². The molecule has 0 aliphatic heterocycles. The molecule has 0 aliphatic carbocycles. The van der Waals surface area contributed by atoms with Gasteiger partial charge < -0.3 is 4.74 Å². The lowest BCUT2D eigenvalue weighted by Crippen LogP contribution is -2.15. The van der Waals surface area contributed by atoms with Gasteiger partial charge in [0.05, 0.1) is 18.7 Å². The fourth-order valence-electron chi connectivity index (χ4n) is 2.41. The van der Waals surface area contributed by atoms with Gasteiger partial charge >= 0.3 is 0 Å². The van der Waals surface area contributed by atoms with Crippen molar-refractivity contribution in [3.63, 3.8) is 0 Å². The molecule has 1 unspecified atom stereocenters. The standard InChI is InChI=1S/C17H17NO2/c1-3-12(10-11-18)17(19)16-14-7-5-4-6-13(14)8-9-15(16)20-2/h4-9,12H,3,10H2,1-2H3. The Morgan fingerprint density at radius 1 is 1.30 bits per heavy atom. The van der Waals surface area contributed by atoms with E-state index < -0.39 is 0 Å². The molecule has 0 bridgehead atoms. The molecule has 102 valence electrons. The number of fused-ring (bicyclic) bond motifs is 1. The number of carbonyl (C=O) groups excluding carboxylic acids is 1. The van der Waals surface area contributed by atoms with Crippen LogP contribution in [-0.4, -0.2) is 12.9 Å². The van der Waals surface area contributed by atoms with Crippen LogP contribution in [0.3, 0.4) is 0 Å². The van der Waals surface area contributed by atoms with Crippen LogP contribution in [0.25, 0.3) is 10.8 Å². The highest BCUT2D eigenvalue weighted by Crippen LogP contribution is 2.31. The highest BCUT2D eigenvalue weighted by atomic mass is 16.5. The van der Waals surface area contributed by atoms with Crippen molar-refractivity contribution in [2.75, 3.05) is 7.11 Å². The number of hydrogen-bond acceptors (Lipinski definition) is 3. The summed E-state index contributed by atoms with van der Waals surface area (Å²) >= 11 is 0. The van der Waals surface area contributed by atoms with Gasteiger partial charge in [-0.3, -0.25) is 4.79 Å². The van der Waals surface area contributed by atoms with Crippen molar-refractivity contribution in [1.29, 1.82) is 5.26 Å². The van der Waals surface area contributed by atoms with Crippen molar-refractivity contribution in [3.05, 3.63) is 42.0 Å². The molecule has 20 heavy (non-hydrogen) atoms. The van der Waals surface area contributed by atoms with Crippen LogP contribution < -0.4 is 4.74 Å². The summed E-state index contributed by atoms with van der Waals surface area (Å²) in [5.41, 5.74) is 0.590. The van der Waals surface area contributed by atoms with E-state index in [2.05, 4.69) is 6.07 Å². The molecule has 0 N–H and O–H groups in total. The topological polar surface area (TPSA) is 50.1 Å². The number of ether oxygens (including phenoxy) is 1. The second-order valence-electron chi connectivity index (χ2n) is 4.70. The van der Waals surface area contributed by atoms with E-state index in [1.165, 1.54) is 0 Å². The molecular weight excluding hydrogens is 250 g/mol. The third-order valence-corrected chi connectivity index (χ3v) is 3.56. The smallest absolute Gasteiger partial charge is 0.171 e. The lowest BCUT2D eigenvalue weighted by atomic mass is 9.89. The number of methoxy groups -OCH3 is 1. The minimum atomic E-state index is -0.278. The molecule has 3 nitrogen and oxygen atoms in total. The summed E-state index contributed by atoms with van der Waals surface area (Å²) in [6, 6.07) is 13.6. The van der Waals surface area contributed by atoms with Crippen LogP contribution in [0.15, 0.2) is 36.4 Å². The minimum absolute atomic E-state index is 0.0114. The van der Waals surface area contributed by atoms with E-state index in [9.17, 15) is 4.79 Å². The fourth-order valence-corrected chi connectivity index (χ4v) is 2.41. The maximum Gasteiger partial charge on any atom is 0.171 e. The van der Waals surface area contributed by atoms with Gasteiger partial charge in [0, 0.05) is 12.3 Å². The number of nitriles is 1. The van der Waals surface area contributed by atoms with Crippen LogP contribution in [0.1, 0.15) is 30.1 Å². The molecule has 0 saturated carbocycles. The molecule has 2 aromatic carbocycles. The number of carbonyl (C=O) groups is 1. The maximum absolute atomic E-state index is 12.7. The summed E-state index contributed by atoms with van der Waals surface area (Å²) in [7, 11) is 1.56. The molecule has 0 fully saturated rings.